The number of carbonyl (C=O) groups excluding carboxylic acids is 2. The molecule has 0 heterocycles. The van der Waals surface area contributed by atoms with E-state index in [0.29, 0.717) is 17.7 Å². The molecule has 0 saturated heterocycles. The molecule has 0 radical (unpaired) electrons. The second-order valence-corrected chi connectivity index (χ2v) is 7.33. The Morgan fingerprint density at radius 3 is 1.90 bits per heavy atom. The number of nitrogens with two attached hydrogens (primary N) is 1. The van der Waals surface area contributed by atoms with Gasteiger partial charge in [0.2, 0.25) is 0 Å². The summed E-state index contributed by atoms with van der Waals surface area (Å²) in [6.45, 7) is 2.05. The average molecular weight is 419 g/mol. The predicted molar refractivity (Wildman–Crippen MR) is 117 cm³/mol. The Morgan fingerprint density at radius 1 is 0.839 bits per heavy atom. The molecule has 0 aliphatic heterocycles. The van der Waals surface area contributed by atoms with Crippen LogP contribution >= 0.6 is 0 Å². The first-order valence-corrected chi connectivity index (χ1v) is 9.88. The third-order valence-corrected chi connectivity index (χ3v) is 5.40. The molecule has 3 rings (SSSR count). The van der Waals surface area contributed by atoms with Crippen LogP contribution < -0.4 is 15.4 Å². The lowest BCUT2D eigenvalue weighted by atomic mass is 9.73. The van der Waals surface area contributed by atoms with Crippen molar-refractivity contribution < 1.29 is 23.9 Å². The van der Waals surface area contributed by atoms with E-state index >= 15 is 0 Å². The Kier molecular flexibility index (Phi) is 7.05. The molecule has 0 aliphatic carbocycles. The van der Waals surface area contributed by atoms with Crippen LogP contribution in [0.3, 0.4) is 0 Å². The van der Waals surface area contributed by atoms with Crippen LogP contribution in [0.2, 0.25) is 0 Å². The smallest absolute Gasteiger partial charge is 0.343 e. The van der Waals surface area contributed by atoms with E-state index in [1.165, 1.54) is 0 Å². The van der Waals surface area contributed by atoms with Gasteiger partial charge in [0.15, 0.2) is 0 Å². The molecule has 1 atom stereocenters. The Morgan fingerprint density at radius 2 is 1.39 bits per heavy atom. The molecule has 6 heteroatoms. The number of esters is 1. The van der Waals surface area contributed by atoms with Crippen LogP contribution in [0.4, 0.5) is 0 Å². The van der Waals surface area contributed by atoms with E-state index in [-0.39, 0.29) is 6.42 Å². The lowest BCUT2D eigenvalue weighted by Gasteiger charge is -2.31. The minimum atomic E-state index is -0.498. The minimum absolute atomic E-state index is 0.157. The van der Waals surface area contributed by atoms with E-state index in [0.717, 1.165) is 16.9 Å². The van der Waals surface area contributed by atoms with Crippen LogP contribution in [0.15, 0.2) is 78.9 Å². The van der Waals surface area contributed by atoms with Crippen molar-refractivity contribution in [3.05, 3.63) is 95.6 Å². The second-order valence-electron chi connectivity index (χ2n) is 7.33. The Labute approximate surface area is 181 Å². The topological polar surface area (TPSA) is 87.8 Å². The van der Waals surface area contributed by atoms with E-state index in [2.05, 4.69) is 4.84 Å². The fraction of sp³-hybridized carbons (Fsp3) is 0.200. The molecule has 31 heavy (non-hydrogen) atoms. The van der Waals surface area contributed by atoms with E-state index in [4.69, 9.17) is 15.4 Å². The summed E-state index contributed by atoms with van der Waals surface area (Å²) in [6.07, 6.45) is 0.641. The molecule has 160 valence electrons. The monoisotopic (exact) mass is 419 g/mol. The summed E-state index contributed by atoms with van der Waals surface area (Å²) in [5.74, 6) is 5.30. The molecule has 2 N–H and O–H groups in total. The zero-order valence-corrected chi connectivity index (χ0v) is 17.5. The highest BCUT2D eigenvalue weighted by molar-refractivity contribution is 5.90. The van der Waals surface area contributed by atoms with Gasteiger partial charge in [-0.1, -0.05) is 49.4 Å². The van der Waals surface area contributed by atoms with Crippen LogP contribution in [0.1, 0.15) is 41.3 Å². The fourth-order valence-corrected chi connectivity index (χ4v) is 3.46. The maximum atomic E-state index is 12.3. The summed E-state index contributed by atoms with van der Waals surface area (Å²) >= 11 is 0. The summed E-state index contributed by atoms with van der Waals surface area (Å²) in [5, 5.41) is 0. The van der Waals surface area contributed by atoms with Crippen molar-refractivity contribution in [1.29, 1.82) is 0 Å². The highest BCUT2D eigenvalue weighted by Crippen LogP contribution is 2.38. The van der Waals surface area contributed by atoms with Crippen LogP contribution in [-0.2, 0) is 15.0 Å². The fourth-order valence-electron chi connectivity index (χ4n) is 3.46. The highest BCUT2D eigenvalue weighted by atomic mass is 16.7. The molecule has 0 aliphatic rings. The molecule has 1 unspecified atom stereocenters. The van der Waals surface area contributed by atoms with Gasteiger partial charge in [0.05, 0.1) is 12.7 Å². The van der Waals surface area contributed by atoms with Crippen molar-refractivity contribution >= 4 is 11.9 Å². The van der Waals surface area contributed by atoms with Crippen LogP contribution in [0, 0.1) is 0 Å². The van der Waals surface area contributed by atoms with Gasteiger partial charge in [-0.2, -0.15) is 5.90 Å². The number of methoxy groups -OCH3 is 1. The molecule has 0 spiro atoms. The van der Waals surface area contributed by atoms with E-state index in [1.54, 1.807) is 43.5 Å². The molecular formula is C25H25NO5. The van der Waals surface area contributed by atoms with Crippen molar-refractivity contribution in [1.82, 2.24) is 0 Å². The van der Waals surface area contributed by atoms with Gasteiger partial charge in [0.1, 0.15) is 11.5 Å². The first-order valence-electron chi connectivity index (χ1n) is 9.88. The Hall–Kier alpha value is -3.64. The van der Waals surface area contributed by atoms with Gasteiger partial charge in [0, 0.05) is 11.8 Å². The number of carbonyl (C=O) groups is 2. The molecule has 3 aromatic carbocycles. The van der Waals surface area contributed by atoms with Crippen LogP contribution in [0.5, 0.6) is 11.5 Å². The maximum absolute atomic E-state index is 12.3. The normalized spacial score (nSPS) is 12.5. The van der Waals surface area contributed by atoms with Gasteiger partial charge in [0.25, 0.3) is 0 Å². The quantitative estimate of drug-likeness (QED) is 0.330. The molecule has 0 aromatic heterocycles. The van der Waals surface area contributed by atoms with Crippen molar-refractivity contribution in [3.63, 3.8) is 0 Å². The van der Waals surface area contributed by atoms with Gasteiger partial charge in [-0.05, 0) is 53.9 Å². The van der Waals surface area contributed by atoms with Gasteiger partial charge in [-0.25, -0.2) is 4.79 Å². The van der Waals surface area contributed by atoms with Crippen molar-refractivity contribution in [3.8, 4) is 11.5 Å². The maximum Gasteiger partial charge on any atom is 0.343 e. The third-order valence-electron chi connectivity index (χ3n) is 5.40. The van der Waals surface area contributed by atoms with Gasteiger partial charge in [-0.15, -0.1) is 0 Å². The number of benzene rings is 3. The van der Waals surface area contributed by atoms with Gasteiger partial charge in [-0.3, -0.25) is 4.79 Å². The molecule has 0 amide bonds. The minimum Gasteiger partial charge on any atom is -0.497 e. The predicted octanol–water partition coefficient (Wildman–Crippen LogP) is 4.42. The lowest BCUT2D eigenvalue weighted by Crippen LogP contribution is -2.26. The van der Waals surface area contributed by atoms with E-state index < -0.39 is 17.4 Å². The molecule has 6 nitrogen and oxygen atoms in total. The van der Waals surface area contributed by atoms with Crippen molar-refractivity contribution in [2.45, 2.75) is 25.2 Å². The summed E-state index contributed by atoms with van der Waals surface area (Å²) in [5.41, 5.74) is 1.95. The Balaban J connectivity index is 1.86. The Bertz CT molecular complexity index is 1020. The first kappa shape index (κ1) is 22.1. The molecular weight excluding hydrogens is 394 g/mol. The molecule has 0 bridgehead atoms. The summed E-state index contributed by atoms with van der Waals surface area (Å²) in [4.78, 5) is 28.3. The zero-order valence-electron chi connectivity index (χ0n) is 17.5. The van der Waals surface area contributed by atoms with Crippen molar-refractivity contribution in [2.75, 3.05) is 7.11 Å². The highest BCUT2D eigenvalue weighted by Gasteiger charge is 2.30. The largest absolute Gasteiger partial charge is 0.497 e. The molecule has 0 fully saturated rings. The second kappa shape index (κ2) is 9.91. The lowest BCUT2D eigenvalue weighted by molar-refractivity contribution is -0.144. The molecule has 0 saturated carbocycles. The number of hydrogen-bond donors (Lipinski definition) is 1. The van der Waals surface area contributed by atoms with Crippen LogP contribution in [-0.4, -0.2) is 19.0 Å². The van der Waals surface area contributed by atoms with Gasteiger partial charge < -0.3 is 14.3 Å². The average Bonchev–Trinajstić information content (AvgIpc) is 2.83. The SMILES string of the molecule is COc1ccc(C(C)(CCC(=O)ON)c2ccc(OC(=O)c3ccccc3)cc2)cc1. The van der Waals surface area contributed by atoms with Gasteiger partial charge >= 0.3 is 11.9 Å². The van der Waals surface area contributed by atoms with E-state index in [9.17, 15) is 9.59 Å². The number of ether oxygens (including phenoxy) is 2. The van der Waals surface area contributed by atoms with Crippen molar-refractivity contribution in [2.24, 2.45) is 5.90 Å². The zero-order chi connectivity index (χ0) is 22.3. The summed E-state index contributed by atoms with van der Waals surface area (Å²) < 4.78 is 10.7. The van der Waals surface area contributed by atoms with Crippen LogP contribution in [0.25, 0.3) is 0 Å². The number of rotatable bonds is 8. The third kappa shape index (κ3) is 5.29. The van der Waals surface area contributed by atoms with E-state index in [1.807, 2.05) is 49.4 Å². The summed E-state index contributed by atoms with van der Waals surface area (Å²) in [6, 6.07) is 23.8. The summed E-state index contributed by atoms with van der Waals surface area (Å²) in [7, 11) is 1.61. The molecule has 3 aromatic rings. The number of hydrogen-bond acceptors (Lipinski definition) is 6. The first-order chi connectivity index (χ1) is 15.0. The standard InChI is InChI=1S/C25H25NO5/c1-25(17-16-23(27)31-26,19-8-12-21(29-2)13-9-19)20-10-14-22(15-11-20)30-24(28)18-6-4-3-5-7-18/h3-15H,16-17,26H2,1-2H3.